The van der Waals surface area contributed by atoms with Crippen molar-refractivity contribution in [2.24, 2.45) is 0 Å². The average molecular weight is 379 g/mol. The Morgan fingerprint density at radius 2 is 2.04 bits per heavy atom. The highest BCUT2D eigenvalue weighted by Gasteiger charge is 2.31. The van der Waals surface area contributed by atoms with Crippen LogP contribution in [0.25, 0.3) is 6.08 Å². The fourth-order valence-electron chi connectivity index (χ4n) is 2.84. The molecule has 1 aromatic carbocycles. The van der Waals surface area contributed by atoms with E-state index in [1.54, 1.807) is 4.90 Å². The van der Waals surface area contributed by atoms with E-state index in [1.165, 1.54) is 11.8 Å². The zero-order chi connectivity index (χ0) is 17.8. The third-order valence-corrected chi connectivity index (χ3v) is 5.70. The number of thiocarbonyl (C=S) groups is 1. The van der Waals surface area contributed by atoms with Crippen molar-refractivity contribution in [3.63, 3.8) is 0 Å². The lowest BCUT2D eigenvalue weighted by Crippen LogP contribution is -2.32. The van der Waals surface area contributed by atoms with Crippen LogP contribution in [0.1, 0.15) is 25.8 Å². The highest BCUT2D eigenvalue weighted by atomic mass is 32.2. The van der Waals surface area contributed by atoms with Crippen LogP contribution in [-0.4, -0.2) is 53.0 Å². The molecular formula is C18H22N2O3S2. The fraction of sp³-hybridized carbons (Fsp3) is 0.444. The number of thioether (sulfide) groups is 1. The maximum atomic E-state index is 12.6. The van der Waals surface area contributed by atoms with Gasteiger partial charge in [0, 0.05) is 6.54 Å². The standard InChI is InChI=1S/C18H22N2O3S2/c1-3-19(4-2)8-5-9-20-17(21)16(25-18(20)24)11-13-6-7-14-15(10-13)23-12-22-14/h6-7,10-11H,3-5,8-9,12H2,1-2H3/b16-11-. The molecule has 0 spiro atoms. The predicted octanol–water partition coefficient (Wildman–Crippen LogP) is 3.35. The zero-order valence-corrected chi connectivity index (χ0v) is 16.1. The molecule has 1 amide bonds. The number of rotatable bonds is 7. The van der Waals surface area contributed by atoms with E-state index >= 15 is 0 Å². The lowest BCUT2D eigenvalue weighted by atomic mass is 10.2. The Balaban J connectivity index is 1.64. The van der Waals surface area contributed by atoms with Crippen LogP contribution >= 0.6 is 24.0 Å². The highest BCUT2D eigenvalue weighted by molar-refractivity contribution is 8.26. The van der Waals surface area contributed by atoms with Crippen molar-refractivity contribution in [2.75, 3.05) is 33.0 Å². The van der Waals surface area contributed by atoms with Crippen LogP contribution in [-0.2, 0) is 4.79 Å². The first-order chi connectivity index (χ1) is 12.1. The van der Waals surface area contributed by atoms with E-state index in [0.29, 0.717) is 21.5 Å². The molecule has 1 saturated heterocycles. The Kier molecular flexibility index (Phi) is 5.98. The summed E-state index contributed by atoms with van der Waals surface area (Å²) in [6.07, 6.45) is 2.79. The first kappa shape index (κ1) is 18.2. The van der Waals surface area contributed by atoms with E-state index in [-0.39, 0.29) is 12.7 Å². The maximum Gasteiger partial charge on any atom is 0.266 e. The average Bonchev–Trinajstić information content (AvgIpc) is 3.17. The molecule has 0 radical (unpaired) electrons. The van der Waals surface area contributed by atoms with Crippen molar-refractivity contribution in [1.29, 1.82) is 0 Å². The molecule has 0 bridgehead atoms. The van der Waals surface area contributed by atoms with E-state index in [4.69, 9.17) is 21.7 Å². The van der Waals surface area contributed by atoms with Gasteiger partial charge in [-0.3, -0.25) is 9.69 Å². The van der Waals surface area contributed by atoms with Gasteiger partial charge in [-0.2, -0.15) is 0 Å². The molecule has 2 aliphatic heterocycles. The molecule has 0 atom stereocenters. The zero-order valence-electron chi connectivity index (χ0n) is 14.5. The van der Waals surface area contributed by atoms with Gasteiger partial charge in [0.05, 0.1) is 4.91 Å². The number of amides is 1. The van der Waals surface area contributed by atoms with E-state index < -0.39 is 0 Å². The fourth-order valence-corrected chi connectivity index (χ4v) is 4.15. The summed E-state index contributed by atoms with van der Waals surface area (Å²) in [4.78, 5) is 17.4. The van der Waals surface area contributed by atoms with Gasteiger partial charge in [-0.15, -0.1) is 0 Å². The van der Waals surface area contributed by atoms with Gasteiger partial charge < -0.3 is 14.4 Å². The summed E-state index contributed by atoms with van der Waals surface area (Å²) in [5.41, 5.74) is 0.910. The first-order valence-electron chi connectivity index (χ1n) is 8.49. The van der Waals surface area contributed by atoms with Crippen LogP contribution in [0.3, 0.4) is 0 Å². The summed E-state index contributed by atoms with van der Waals surface area (Å²) in [5.74, 6) is 1.44. The van der Waals surface area contributed by atoms with Crippen molar-refractivity contribution in [2.45, 2.75) is 20.3 Å². The minimum atomic E-state index is -0.00721. The molecule has 0 aliphatic carbocycles. The summed E-state index contributed by atoms with van der Waals surface area (Å²) in [7, 11) is 0. The van der Waals surface area contributed by atoms with Crippen LogP contribution in [0.2, 0.25) is 0 Å². The van der Waals surface area contributed by atoms with Gasteiger partial charge in [-0.25, -0.2) is 0 Å². The van der Waals surface area contributed by atoms with Crippen LogP contribution < -0.4 is 9.47 Å². The topological polar surface area (TPSA) is 42.0 Å². The maximum absolute atomic E-state index is 12.6. The molecule has 1 aromatic rings. The molecule has 2 aliphatic rings. The quantitative estimate of drug-likeness (QED) is 0.535. The Hall–Kier alpha value is -1.57. The molecule has 3 rings (SSSR count). The van der Waals surface area contributed by atoms with Crippen LogP contribution in [0, 0.1) is 0 Å². The van der Waals surface area contributed by atoms with Gasteiger partial charge >= 0.3 is 0 Å². The number of ether oxygens (including phenoxy) is 2. The lowest BCUT2D eigenvalue weighted by molar-refractivity contribution is -0.122. The second kappa shape index (κ2) is 8.21. The molecule has 25 heavy (non-hydrogen) atoms. The van der Waals surface area contributed by atoms with Gasteiger partial charge in [0.1, 0.15) is 4.32 Å². The third-order valence-electron chi connectivity index (χ3n) is 4.32. The Bertz CT molecular complexity index is 702. The molecule has 0 N–H and O–H groups in total. The normalized spacial score (nSPS) is 18.0. The lowest BCUT2D eigenvalue weighted by Gasteiger charge is -2.20. The van der Waals surface area contributed by atoms with Gasteiger partial charge in [-0.1, -0.05) is 43.9 Å². The Morgan fingerprint density at radius 3 is 2.80 bits per heavy atom. The summed E-state index contributed by atoms with van der Waals surface area (Å²) < 4.78 is 11.3. The largest absolute Gasteiger partial charge is 0.454 e. The number of hydrogen-bond acceptors (Lipinski definition) is 6. The van der Waals surface area contributed by atoms with Crippen molar-refractivity contribution in [1.82, 2.24) is 9.80 Å². The third kappa shape index (κ3) is 4.16. The minimum Gasteiger partial charge on any atom is -0.454 e. The van der Waals surface area contributed by atoms with Gasteiger partial charge in [0.25, 0.3) is 5.91 Å². The second-order valence-electron chi connectivity index (χ2n) is 5.83. The monoisotopic (exact) mass is 378 g/mol. The van der Waals surface area contributed by atoms with Crippen LogP contribution in [0.4, 0.5) is 0 Å². The molecule has 1 fully saturated rings. The number of benzene rings is 1. The molecule has 0 unspecified atom stereocenters. The molecule has 2 heterocycles. The minimum absolute atomic E-state index is 0.00721. The summed E-state index contributed by atoms with van der Waals surface area (Å²) in [6.45, 7) is 8.24. The summed E-state index contributed by atoms with van der Waals surface area (Å²) in [5, 5.41) is 0. The number of carbonyl (C=O) groups is 1. The number of fused-ring (bicyclic) bond motifs is 1. The number of hydrogen-bond donors (Lipinski definition) is 0. The van der Waals surface area contributed by atoms with Crippen LogP contribution in [0.5, 0.6) is 11.5 Å². The molecular weight excluding hydrogens is 356 g/mol. The summed E-state index contributed by atoms with van der Waals surface area (Å²) >= 11 is 6.76. The predicted molar refractivity (Wildman–Crippen MR) is 105 cm³/mol. The van der Waals surface area contributed by atoms with Crippen molar-refractivity contribution in [3.8, 4) is 11.5 Å². The molecule has 0 saturated carbocycles. The van der Waals surface area contributed by atoms with Gasteiger partial charge in [0.15, 0.2) is 11.5 Å². The van der Waals surface area contributed by atoms with Crippen LogP contribution in [0.15, 0.2) is 23.1 Å². The molecule has 134 valence electrons. The SMILES string of the molecule is CCN(CC)CCCN1C(=O)/C(=C/c2ccc3c(c2)OCO3)SC1=S. The number of carbonyl (C=O) groups excluding carboxylic acids is 1. The second-order valence-corrected chi connectivity index (χ2v) is 7.50. The van der Waals surface area contributed by atoms with Crippen molar-refractivity contribution in [3.05, 3.63) is 28.7 Å². The van der Waals surface area contributed by atoms with E-state index in [0.717, 1.165) is 37.4 Å². The molecule has 0 aromatic heterocycles. The van der Waals surface area contributed by atoms with Crippen molar-refractivity contribution >= 4 is 40.3 Å². The van der Waals surface area contributed by atoms with Crippen molar-refractivity contribution < 1.29 is 14.3 Å². The Morgan fingerprint density at radius 1 is 1.28 bits per heavy atom. The van der Waals surface area contributed by atoms with Gasteiger partial charge in [0.2, 0.25) is 6.79 Å². The Labute approximate surface area is 157 Å². The molecule has 7 heteroatoms. The van der Waals surface area contributed by atoms with E-state index in [2.05, 4.69) is 18.7 Å². The van der Waals surface area contributed by atoms with Gasteiger partial charge in [-0.05, 0) is 49.8 Å². The van der Waals surface area contributed by atoms with E-state index in [1.807, 2.05) is 24.3 Å². The van der Waals surface area contributed by atoms with E-state index in [9.17, 15) is 4.79 Å². The highest BCUT2D eigenvalue weighted by Crippen LogP contribution is 2.36. The molecule has 5 nitrogen and oxygen atoms in total. The first-order valence-corrected chi connectivity index (χ1v) is 9.72. The number of nitrogens with zero attached hydrogens (tertiary/aromatic N) is 2. The smallest absolute Gasteiger partial charge is 0.266 e. The summed E-state index contributed by atoms with van der Waals surface area (Å²) in [6, 6.07) is 5.66.